The van der Waals surface area contributed by atoms with E-state index in [1.165, 1.54) is 0 Å². The Kier molecular flexibility index (Phi) is 8.31. The fraction of sp³-hybridized carbons (Fsp3) is 0.367. The number of carboxylic acid groups (broad SMARTS) is 1. The van der Waals surface area contributed by atoms with Gasteiger partial charge in [-0.1, -0.05) is 30.1 Å². The summed E-state index contributed by atoms with van der Waals surface area (Å²) in [5, 5.41) is 18.2. The summed E-state index contributed by atoms with van der Waals surface area (Å²) in [5.41, 5.74) is 9.22. The summed E-state index contributed by atoms with van der Waals surface area (Å²) in [5.74, 6) is -0.999. The van der Waals surface area contributed by atoms with Gasteiger partial charge in [0, 0.05) is 17.6 Å². The van der Waals surface area contributed by atoms with Crippen molar-refractivity contribution in [3.63, 3.8) is 0 Å². The number of rotatable bonds is 9. The summed E-state index contributed by atoms with van der Waals surface area (Å²) in [6.45, 7) is 2.19. The molecular weight excluding hydrogens is 597 g/mol. The Balaban J connectivity index is 0.000000241. The van der Waals surface area contributed by atoms with Crippen LogP contribution < -0.4 is 15.4 Å². The van der Waals surface area contributed by atoms with Crippen LogP contribution in [0.15, 0.2) is 53.1 Å². The highest BCUT2D eigenvalue weighted by atomic mass is 19.4. The fourth-order valence-electron chi connectivity index (χ4n) is 4.63. The predicted molar refractivity (Wildman–Crippen MR) is 154 cm³/mol. The first-order chi connectivity index (χ1) is 21.2. The summed E-state index contributed by atoms with van der Waals surface area (Å²) >= 11 is 0. The molecule has 0 radical (unpaired) electrons. The zero-order chi connectivity index (χ0) is 32.6. The van der Waals surface area contributed by atoms with Crippen molar-refractivity contribution in [1.29, 1.82) is 0 Å². The smallest absolute Gasteiger partial charge is 0.397 e. The van der Waals surface area contributed by atoms with Crippen LogP contribution in [0, 0.1) is 6.92 Å². The average molecular weight is 628 g/mol. The summed E-state index contributed by atoms with van der Waals surface area (Å²) in [6, 6.07) is 15.8. The van der Waals surface area contributed by atoms with E-state index in [2.05, 4.69) is 20.0 Å². The first kappa shape index (κ1) is 31.5. The van der Waals surface area contributed by atoms with E-state index in [1.807, 2.05) is 53.8 Å². The Morgan fingerprint density at radius 3 is 2.31 bits per heavy atom. The zero-order valence-corrected chi connectivity index (χ0v) is 24.3. The highest BCUT2D eigenvalue weighted by Crippen LogP contribution is 2.39. The lowest BCUT2D eigenvalue weighted by Crippen LogP contribution is -2.44. The number of fused-ring (bicyclic) bond motifs is 1. The van der Waals surface area contributed by atoms with Gasteiger partial charge in [-0.05, 0) is 67.3 Å². The lowest BCUT2D eigenvalue weighted by atomic mass is 10.2. The second-order valence-corrected chi connectivity index (χ2v) is 11.1. The number of hydrogen-bond acceptors (Lipinski definition) is 7. The number of alkyl halides is 3. The topological polar surface area (TPSA) is 172 Å². The van der Waals surface area contributed by atoms with Gasteiger partial charge in [0.2, 0.25) is 11.8 Å². The molecule has 4 aromatic rings. The number of carbonyl (C=O) groups excluding carboxylic acids is 2. The van der Waals surface area contributed by atoms with Crippen molar-refractivity contribution >= 4 is 28.7 Å². The van der Waals surface area contributed by atoms with E-state index in [0.717, 1.165) is 33.6 Å². The maximum Gasteiger partial charge on any atom is 0.397 e. The molecule has 2 heterocycles. The van der Waals surface area contributed by atoms with Gasteiger partial charge in [0.05, 0.1) is 12.6 Å². The Morgan fingerprint density at radius 1 is 1.09 bits per heavy atom. The second-order valence-electron chi connectivity index (χ2n) is 11.1. The van der Waals surface area contributed by atoms with E-state index in [9.17, 15) is 27.6 Å². The molecule has 2 aliphatic rings. The molecule has 2 fully saturated rings. The van der Waals surface area contributed by atoms with E-state index in [1.54, 1.807) is 14.0 Å². The van der Waals surface area contributed by atoms with Crippen molar-refractivity contribution in [2.75, 3.05) is 7.11 Å². The fourth-order valence-corrected chi connectivity index (χ4v) is 4.63. The Labute approximate surface area is 254 Å². The highest BCUT2D eigenvalue weighted by Gasteiger charge is 2.52. The molecule has 0 spiro atoms. The third-order valence-corrected chi connectivity index (χ3v) is 7.49. The number of aromatic nitrogens is 3. The first-order valence-electron chi connectivity index (χ1n) is 14.0. The lowest BCUT2D eigenvalue weighted by Gasteiger charge is -2.17. The number of aliphatic carboxylic acids is 1. The average Bonchev–Trinajstić information content (AvgIpc) is 3.85. The molecule has 2 amide bonds. The molecule has 0 saturated heterocycles. The molecule has 2 saturated carbocycles. The van der Waals surface area contributed by atoms with E-state index in [4.69, 9.17) is 20.1 Å². The van der Waals surface area contributed by atoms with E-state index in [0.29, 0.717) is 31.1 Å². The summed E-state index contributed by atoms with van der Waals surface area (Å²) < 4.78 is 48.0. The highest BCUT2D eigenvalue weighted by molar-refractivity contribution is 5.91. The molecule has 15 heteroatoms. The number of nitrogens with one attached hydrogen (secondary N) is 3. The number of halogens is 3. The summed E-state index contributed by atoms with van der Waals surface area (Å²) in [4.78, 5) is 37.6. The van der Waals surface area contributed by atoms with Gasteiger partial charge in [0.25, 0.3) is 5.89 Å². The second kappa shape index (κ2) is 11.9. The summed E-state index contributed by atoms with van der Waals surface area (Å²) in [6.07, 6.45) is -4.58. The van der Waals surface area contributed by atoms with Gasteiger partial charge in [-0.2, -0.15) is 18.2 Å². The molecule has 2 aliphatic carbocycles. The quantitative estimate of drug-likeness (QED) is 0.236. The van der Waals surface area contributed by atoms with Crippen LogP contribution in [0.5, 0.6) is 5.75 Å². The van der Waals surface area contributed by atoms with Crippen LogP contribution in [0.4, 0.5) is 13.2 Å². The minimum absolute atomic E-state index is 0.186. The molecule has 45 heavy (non-hydrogen) atoms. The largest absolute Gasteiger partial charge is 0.664 e. The standard InChI is InChI=1S/C23H22N5O3.C7H8F3NO3/c1-14-26-21(31-27-14)20-12-16-11-18(30-2)7-8-19(16)28(20)17-5-3-15(4-6-17)13-25-22(29)23(24)9-10-23;8-7(9,10)3-4(12)11-6(1-2-6)5(13)14/h3-8,11-12,24H,9-10,13H2,1-2H3,(H,25,29);1-3H2,(H,11,12)(H,13,14)/q-1;. The Bertz CT molecular complexity index is 1740. The molecule has 12 nitrogen and oxygen atoms in total. The van der Waals surface area contributed by atoms with Crippen LogP contribution in [0.25, 0.3) is 33.9 Å². The van der Waals surface area contributed by atoms with Crippen LogP contribution in [0.3, 0.4) is 0 Å². The molecule has 4 N–H and O–H groups in total. The van der Waals surface area contributed by atoms with E-state index < -0.39 is 35.6 Å². The molecule has 2 aromatic heterocycles. The predicted octanol–water partition coefficient (Wildman–Crippen LogP) is 4.87. The van der Waals surface area contributed by atoms with E-state index >= 15 is 0 Å². The van der Waals surface area contributed by atoms with Gasteiger partial charge in [0.1, 0.15) is 23.4 Å². The minimum Gasteiger partial charge on any atom is -0.664 e. The van der Waals surface area contributed by atoms with Gasteiger partial charge < -0.3 is 35.3 Å². The zero-order valence-electron chi connectivity index (χ0n) is 24.3. The normalized spacial score (nSPS) is 15.9. The van der Waals surface area contributed by atoms with Crippen LogP contribution in [0.2, 0.25) is 0 Å². The number of methoxy groups -OCH3 is 1. The molecular formula is C30H30F3N6O6-. The monoisotopic (exact) mass is 627 g/mol. The Hall–Kier alpha value is -4.92. The number of carbonyl (C=O) groups is 3. The molecule has 0 bridgehead atoms. The maximum atomic E-state index is 12.0. The molecule has 0 atom stereocenters. The number of carboxylic acids is 1. The van der Waals surface area contributed by atoms with Crippen LogP contribution in [-0.2, 0) is 20.9 Å². The molecule has 0 aliphatic heterocycles. The molecule has 0 unspecified atom stereocenters. The SMILES string of the molecule is COc1ccc2c(c1)cc(-c1nc(C)no1)n2-c1ccc(CNC(=O)C2([NH-])CC2)cc1.O=C(CC(F)(F)F)NC1(C(=O)O)CC1. The van der Waals surface area contributed by atoms with Crippen molar-refractivity contribution in [1.82, 2.24) is 25.3 Å². The van der Waals surface area contributed by atoms with Gasteiger partial charge >= 0.3 is 12.1 Å². The number of nitrogens with zero attached hydrogens (tertiary/aromatic N) is 3. The number of ether oxygens (including phenoxy) is 1. The number of hydrogen-bond donors (Lipinski definition) is 3. The van der Waals surface area contributed by atoms with Crippen molar-refractivity contribution in [2.24, 2.45) is 0 Å². The Morgan fingerprint density at radius 2 is 1.78 bits per heavy atom. The summed E-state index contributed by atoms with van der Waals surface area (Å²) in [7, 11) is 1.64. The van der Waals surface area contributed by atoms with Crippen LogP contribution in [-0.4, -0.2) is 62.0 Å². The first-order valence-corrected chi connectivity index (χ1v) is 14.0. The van der Waals surface area contributed by atoms with E-state index in [-0.39, 0.29) is 18.7 Å². The van der Waals surface area contributed by atoms with Crippen molar-refractivity contribution in [3.05, 3.63) is 65.7 Å². The van der Waals surface area contributed by atoms with Gasteiger partial charge in [0.15, 0.2) is 5.82 Å². The third kappa shape index (κ3) is 7.25. The number of amides is 2. The lowest BCUT2D eigenvalue weighted by molar-refractivity contribution is -0.157. The molecule has 2 aromatic carbocycles. The number of aryl methyl sites for hydroxylation is 1. The van der Waals surface area contributed by atoms with Crippen molar-refractivity contribution < 1.29 is 41.9 Å². The minimum atomic E-state index is -4.60. The van der Waals surface area contributed by atoms with Gasteiger partial charge in [-0.15, -0.1) is 0 Å². The maximum absolute atomic E-state index is 12.0. The van der Waals surface area contributed by atoms with Crippen molar-refractivity contribution in [3.8, 4) is 23.0 Å². The van der Waals surface area contributed by atoms with Crippen molar-refractivity contribution in [2.45, 2.75) is 62.8 Å². The molecule has 6 rings (SSSR count). The van der Waals surface area contributed by atoms with Crippen LogP contribution in [0.1, 0.15) is 43.5 Å². The van der Waals surface area contributed by atoms with Crippen LogP contribution >= 0.6 is 0 Å². The molecule has 238 valence electrons. The number of benzene rings is 2. The van der Waals surface area contributed by atoms with Gasteiger partial charge in [-0.3, -0.25) is 9.59 Å². The van der Waals surface area contributed by atoms with Gasteiger partial charge in [-0.25, -0.2) is 4.79 Å². The third-order valence-electron chi connectivity index (χ3n) is 7.49.